The Morgan fingerprint density at radius 3 is 2.42 bits per heavy atom. The number of carbonyl (C=O) groups excluding carboxylic acids is 2. The first kappa shape index (κ1) is 19.6. The number of piperazine rings is 1. The van der Waals surface area contributed by atoms with Crippen molar-refractivity contribution in [3.05, 3.63) is 29.8 Å². The van der Waals surface area contributed by atoms with Crippen molar-refractivity contribution in [2.24, 2.45) is 0 Å². The standard InChI is InChI=1S/C18H26N4O4/c1-14(23)21-9-11-22(12-10-21)16-6-3-2-5-15(16)13-20-18(26)19-8-4-7-17(24)25/h2-3,5-6H,4,7-13H2,1H3,(H,24,25)(H2,19,20,26). The molecule has 3 N–H and O–H groups in total. The van der Waals surface area contributed by atoms with Crippen LogP contribution < -0.4 is 15.5 Å². The number of hydrogen-bond acceptors (Lipinski definition) is 4. The number of hydrogen-bond donors (Lipinski definition) is 3. The summed E-state index contributed by atoms with van der Waals surface area (Å²) in [5.41, 5.74) is 2.06. The molecule has 0 atom stereocenters. The molecule has 0 aliphatic carbocycles. The summed E-state index contributed by atoms with van der Waals surface area (Å²) >= 11 is 0. The van der Waals surface area contributed by atoms with E-state index in [1.807, 2.05) is 29.2 Å². The molecule has 1 aromatic carbocycles. The Kier molecular flexibility index (Phi) is 7.25. The van der Waals surface area contributed by atoms with Gasteiger partial charge in [-0.05, 0) is 18.1 Å². The Hall–Kier alpha value is -2.77. The Balaban J connectivity index is 1.84. The maximum absolute atomic E-state index is 11.8. The van der Waals surface area contributed by atoms with E-state index in [9.17, 15) is 14.4 Å². The largest absolute Gasteiger partial charge is 0.481 e. The molecule has 1 saturated heterocycles. The smallest absolute Gasteiger partial charge is 0.315 e. The molecule has 0 aromatic heterocycles. The second-order valence-corrected chi connectivity index (χ2v) is 6.23. The molecule has 0 radical (unpaired) electrons. The summed E-state index contributed by atoms with van der Waals surface area (Å²) in [5.74, 6) is -0.773. The Morgan fingerprint density at radius 1 is 1.08 bits per heavy atom. The number of para-hydroxylation sites is 1. The van der Waals surface area contributed by atoms with Crippen LogP contribution >= 0.6 is 0 Å². The average molecular weight is 362 g/mol. The molecule has 3 amide bonds. The van der Waals surface area contributed by atoms with Crippen LogP contribution in [0, 0.1) is 0 Å². The van der Waals surface area contributed by atoms with E-state index in [-0.39, 0.29) is 18.4 Å². The van der Waals surface area contributed by atoms with Gasteiger partial charge in [0.1, 0.15) is 0 Å². The number of carboxylic acids is 1. The summed E-state index contributed by atoms with van der Waals surface area (Å²) in [6, 6.07) is 7.56. The molecular formula is C18H26N4O4. The first-order chi connectivity index (χ1) is 12.5. The maximum Gasteiger partial charge on any atom is 0.315 e. The molecule has 1 aliphatic rings. The van der Waals surface area contributed by atoms with E-state index in [2.05, 4.69) is 15.5 Å². The summed E-state index contributed by atoms with van der Waals surface area (Å²) < 4.78 is 0. The molecule has 0 unspecified atom stereocenters. The minimum atomic E-state index is -0.869. The van der Waals surface area contributed by atoms with Crippen LogP contribution in [0.5, 0.6) is 0 Å². The lowest BCUT2D eigenvalue weighted by molar-refractivity contribution is -0.137. The van der Waals surface area contributed by atoms with Crippen LogP contribution in [0.3, 0.4) is 0 Å². The monoisotopic (exact) mass is 362 g/mol. The van der Waals surface area contributed by atoms with Gasteiger partial charge in [0.05, 0.1) is 0 Å². The molecule has 8 nitrogen and oxygen atoms in total. The molecule has 142 valence electrons. The minimum absolute atomic E-state index is 0.0371. The van der Waals surface area contributed by atoms with Gasteiger partial charge < -0.3 is 25.5 Å². The summed E-state index contributed by atoms with van der Waals surface area (Å²) in [6.45, 7) is 5.21. The molecule has 0 spiro atoms. The summed E-state index contributed by atoms with van der Waals surface area (Å²) in [7, 11) is 0. The van der Waals surface area contributed by atoms with Crippen molar-refractivity contribution in [1.29, 1.82) is 0 Å². The van der Waals surface area contributed by atoms with Gasteiger partial charge in [-0.1, -0.05) is 18.2 Å². The Bertz CT molecular complexity index is 642. The molecule has 1 aliphatic heterocycles. The van der Waals surface area contributed by atoms with Gasteiger partial charge in [-0.3, -0.25) is 9.59 Å². The molecular weight excluding hydrogens is 336 g/mol. The fraction of sp³-hybridized carbons (Fsp3) is 0.500. The molecule has 0 saturated carbocycles. The normalized spacial score (nSPS) is 14.0. The lowest BCUT2D eigenvalue weighted by Crippen LogP contribution is -2.48. The molecule has 8 heteroatoms. The van der Waals surface area contributed by atoms with E-state index >= 15 is 0 Å². The van der Waals surface area contributed by atoms with Gasteiger partial charge in [-0.2, -0.15) is 0 Å². The van der Waals surface area contributed by atoms with Gasteiger partial charge in [-0.15, -0.1) is 0 Å². The molecule has 2 rings (SSSR count). The summed E-state index contributed by atoms with van der Waals surface area (Å²) in [6.07, 6.45) is 0.440. The molecule has 26 heavy (non-hydrogen) atoms. The van der Waals surface area contributed by atoms with Gasteiger partial charge in [0, 0.05) is 58.3 Å². The van der Waals surface area contributed by atoms with Crippen LogP contribution in [0.4, 0.5) is 10.5 Å². The zero-order valence-electron chi connectivity index (χ0n) is 15.0. The third kappa shape index (κ3) is 5.94. The Morgan fingerprint density at radius 2 is 1.77 bits per heavy atom. The first-order valence-electron chi connectivity index (χ1n) is 8.79. The van der Waals surface area contributed by atoms with Crippen molar-refractivity contribution < 1.29 is 19.5 Å². The molecule has 0 bridgehead atoms. The van der Waals surface area contributed by atoms with Gasteiger partial charge in [-0.25, -0.2) is 4.79 Å². The van der Waals surface area contributed by atoms with Crippen molar-refractivity contribution in [3.63, 3.8) is 0 Å². The lowest BCUT2D eigenvalue weighted by atomic mass is 10.1. The maximum atomic E-state index is 11.8. The predicted molar refractivity (Wildman–Crippen MR) is 98.0 cm³/mol. The number of urea groups is 1. The van der Waals surface area contributed by atoms with Gasteiger partial charge in [0.25, 0.3) is 0 Å². The highest BCUT2D eigenvalue weighted by Crippen LogP contribution is 2.21. The van der Waals surface area contributed by atoms with E-state index in [1.54, 1.807) is 6.92 Å². The van der Waals surface area contributed by atoms with Crippen molar-refractivity contribution >= 4 is 23.6 Å². The number of anilines is 1. The van der Waals surface area contributed by atoms with Gasteiger partial charge in [0.15, 0.2) is 0 Å². The van der Waals surface area contributed by atoms with Crippen molar-refractivity contribution in [1.82, 2.24) is 15.5 Å². The quantitative estimate of drug-likeness (QED) is 0.629. The van der Waals surface area contributed by atoms with Crippen LogP contribution in [0.2, 0.25) is 0 Å². The average Bonchev–Trinajstić information content (AvgIpc) is 2.63. The van der Waals surface area contributed by atoms with Gasteiger partial charge >= 0.3 is 12.0 Å². The summed E-state index contributed by atoms with van der Waals surface area (Å²) in [4.78, 5) is 37.8. The second kappa shape index (κ2) is 9.65. The highest BCUT2D eigenvalue weighted by Gasteiger charge is 2.20. The van der Waals surface area contributed by atoms with Gasteiger partial charge in [0.2, 0.25) is 5.91 Å². The Labute approximate surface area is 153 Å². The number of nitrogens with zero attached hydrogens (tertiary/aromatic N) is 2. The van der Waals surface area contributed by atoms with E-state index in [4.69, 9.17) is 5.11 Å². The SMILES string of the molecule is CC(=O)N1CCN(c2ccccc2CNC(=O)NCCCC(=O)O)CC1. The summed E-state index contributed by atoms with van der Waals surface area (Å²) in [5, 5.41) is 14.0. The third-order valence-electron chi connectivity index (χ3n) is 4.35. The number of aliphatic carboxylic acids is 1. The van der Waals surface area contributed by atoms with E-state index in [1.165, 1.54) is 0 Å². The second-order valence-electron chi connectivity index (χ2n) is 6.23. The van der Waals surface area contributed by atoms with Crippen molar-refractivity contribution in [3.8, 4) is 0 Å². The highest BCUT2D eigenvalue weighted by molar-refractivity contribution is 5.75. The van der Waals surface area contributed by atoms with E-state index < -0.39 is 5.97 Å². The number of carboxylic acid groups (broad SMARTS) is 1. The van der Waals surface area contributed by atoms with Crippen LogP contribution in [0.15, 0.2) is 24.3 Å². The third-order valence-corrected chi connectivity index (χ3v) is 4.35. The van der Waals surface area contributed by atoms with Crippen LogP contribution in [-0.4, -0.2) is 60.6 Å². The minimum Gasteiger partial charge on any atom is -0.481 e. The number of benzene rings is 1. The van der Waals surface area contributed by atoms with Crippen LogP contribution in [-0.2, 0) is 16.1 Å². The number of rotatable bonds is 7. The molecule has 1 fully saturated rings. The lowest BCUT2D eigenvalue weighted by Gasteiger charge is -2.36. The number of amides is 3. The number of nitrogens with one attached hydrogen (secondary N) is 2. The topological polar surface area (TPSA) is 102 Å². The van der Waals surface area contributed by atoms with E-state index in [0.29, 0.717) is 32.6 Å². The van der Waals surface area contributed by atoms with Crippen molar-refractivity contribution in [2.45, 2.75) is 26.3 Å². The van der Waals surface area contributed by atoms with Crippen molar-refractivity contribution in [2.75, 3.05) is 37.6 Å². The number of carbonyl (C=O) groups is 3. The zero-order chi connectivity index (χ0) is 18.9. The first-order valence-corrected chi connectivity index (χ1v) is 8.79. The van der Waals surface area contributed by atoms with Crippen LogP contribution in [0.25, 0.3) is 0 Å². The highest BCUT2D eigenvalue weighted by atomic mass is 16.4. The fourth-order valence-electron chi connectivity index (χ4n) is 2.91. The van der Waals surface area contributed by atoms with E-state index in [0.717, 1.165) is 24.3 Å². The zero-order valence-corrected chi connectivity index (χ0v) is 15.0. The predicted octanol–water partition coefficient (Wildman–Crippen LogP) is 1.02. The fourth-order valence-corrected chi connectivity index (χ4v) is 2.91. The molecule has 1 heterocycles. The molecule has 1 aromatic rings. The van der Waals surface area contributed by atoms with Crippen LogP contribution in [0.1, 0.15) is 25.3 Å².